The summed E-state index contributed by atoms with van der Waals surface area (Å²) in [7, 11) is 3.26. The summed E-state index contributed by atoms with van der Waals surface area (Å²) in [5.74, 6) is 1.48. The highest BCUT2D eigenvalue weighted by molar-refractivity contribution is 5.97. The molecule has 8 heteroatoms. The number of nitrogens with zero attached hydrogens (tertiary/aromatic N) is 4. The number of carbonyl (C=O) groups excluding carboxylic acids is 1. The van der Waals surface area contributed by atoms with Crippen molar-refractivity contribution in [1.82, 2.24) is 25.0 Å². The predicted molar refractivity (Wildman–Crippen MR) is 110 cm³/mol. The second-order valence-corrected chi connectivity index (χ2v) is 7.17. The number of amides is 1. The molecule has 1 atom stereocenters. The highest BCUT2D eigenvalue weighted by Gasteiger charge is 2.24. The van der Waals surface area contributed by atoms with Gasteiger partial charge in [-0.15, -0.1) is 0 Å². The van der Waals surface area contributed by atoms with E-state index in [0.717, 1.165) is 41.2 Å². The third-order valence-electron chi connectivity index (χ3n) is 5.30. The topological polar surface area (TPSA) is 81.5 Å². The average Bonchev–Trinajstić information content (AvgIpc) is 3.16. The molecule has 1 aromatic carbocycles. The fourth-order valence-corrected chi connectivity index (χ4v) is 3.66. The number of hydrogen-bond donors (Lipinski definition) is 1. The minimum Gasteiger partial charge on any atom is -0.497 e. The van der Waals surface area contributed by atoms with Crippen LogP contribution in [0.5, 0.6) is 11.5 Å². The fraction of sp³-hybridized carbons (Fsp3) is 0.381. The van der Waals surface area contributed by atoms with Crippen LogP contribution in [0.25, 0.3) is 11.0 Å². The lowest BCUT2D eigenvalue weighted by atomic mass is 10.1. The van der Waals surface area contributed by atoms with Gasteiger partial charge in [-0.1, -0.05) is 0 Å². The number of nitrogens with one attached hydrogen (secondary N) is 1. The summed E-state index contributed by atoms with van der Waals surface area (Å²) in [6, 6.07) is 7.72. The summed E-state index contributed by atoms with van der Waals surface area (Å²) in [6.07, 6.45) is 3.39. The Morgan fingerprint density at radius 1 is 1.24 bits per heavy atom. The molecule has 1 aliphatic rings. The van der Waals surface area contributed by atoms with Crippen molar-refractivity contribution in [2.45, 2.75) is 19.5 Å². The Labute approximate surface area is 169 Å². The molecule has 1 aliphatic heterocycles. The van der Waals surface area contributed by atoms with Crippen molar-refractivity contribution in [2.75, 3.05) is 33.9 Å². The number of hydrogen-bond acceptors (Lipinski definition) is 6. The summed E-state index contributed by atoms with van der Waals surface area (Å²) in [5, 5.41) is 8.61. The first-order valence-electron chi connectivity index (χ1n) is 9.65. The van der Waals surface area contributed by atoms with E-state index in [1.165, 1.54) is 0 Å². The van der Waals surface area contributed by atoms with Gasteiger partial charge in [0.2, 0.25) is 0 Å². The Balaban J connectivity index is 1.60. The Morgan fingerprint density at radius 3 is 2.86 bits per heavy atom. The van der Waals surface area contributed by atoms with E-state index >= 15 is 0 Å². The van der Waals surface area contributed by atoms with E-state index in [4.69, 9.17) is 9.47 Å². The van der Waals surface area contributed by atoms with Crippen LogP contribution in [-0.4, -0.2) is 65.5 Å². The molecule has 29 heavy (non-hydrogen) atoms. The van der Waals surface area contributed by atoms with Gasteiger partial charge in [-0.05, 0) is 25.1 Å². The normalized spacial score (nSPS) is 16.8. The van der Waals surface area contributed by atoms with E-state index in [2.05, 4.69) is 22.3 Å². The lowest BCUT2D eigenvalue weighted by molar-refractivity contribution is 0.0655. The van der Waals surface area contributed by atoms with E-state index in [-0.39, 0.29) is 11.9 Å². The number of methoxy groups -OCH3 is 2. The van der Waals surface area contributed by atoms with Gasteiger partial charge in [-0.25, -0.2) is 9.67 Å². The molecule has 1 fully saturated rings. The molecule has 3 aromatic rings. The van der Waals surface area contributed by atoms with Gasteiger partial charge in [0.25, 0.3) is 5.91 Å². The lowest BCUT2D eigenvalue weighted by Gasteiger charge is -2.33. The number of rotatable bonds is 5. The zero-order valence-electron chi connectivity index (χ0n) is 16.9. The third-order valence-corrected chi connectivity index (χ3v) is 5.30. The first-order valence-corrected chi connectivity index (χ1v) is 9.65. The van der Waals surface area contributed by atoms with E-state index in [1.807, 2.05) is 29.2 Å². The third kappa shape index (κ3) is 3.75. The maximum Gasteiger partial charge on any atom is 0.255 e. The van der Waals surface area contributed by atoms with Crippen LogP contribution in [0.2, 0.25) is 0 Å². The van der Waals surface area contributed by atoms with Crippen LogP contribution in [0.4, 0.5) is 0 Å². The molecule has 0 bridgehead atoms. The number of benzene rings is 1. The lowest BCUT2D eigenvalue weighted by Crippen LogP contribution is -2.52. The number of aromatic nitrogens is 3. The summed E-state index contributed by atoms with van der Waals surface area (Å²) in [5.41, 5.74) is 2.29. The van der Waals surface area contributed by atoms with Gasteiger partial charge in [-0.2, -0.15) is 5.10 Å². The molecule has 0 unspecified atom stereocenters. The van der Waals surface area contributed by atoms with Crippen LogP contribution < -0.4 is 14.8 Å². The van der Waals surface area contributed by atoms with Gasteiger partial charge in [0.1, 0.15) is 11.5 Å². The van der Waals surface area contributed by atoms with Crippen LogP contribution >= 0.6 is 0 Å². The van der Waals surface area contributed by atoms with Crippen molar-refractivity contribution in [2.24, 2.45) is 0 Å². The highest BCUT2D eigenvalue weighted by atomic mass is 16.5. The second-order valence-electron chi connectivity index (χ2n) is 7.17. The van der Waals surface area contributed by atoms with Gasteiger partial charge in [0, 0.05) is 48.9 Å². The Bertz CT molecular complexity index is 1030. The van der Waals surface area contributed by atoms with Gasteiger partial charge in [0.05, 0.1) is 32.5 Å². The van der Waals surface area contributed by atoms with E-state index in [0.29, 0.717) is 18.7 Å². The van der Waals surface area contributed by atoms with E-state index in [9.17, 15) is 4.79 Å². The van der Waals surface area contributed by atoms with Crippen LogP contribution in [0.3, 0.4) is 0 Å². The molecule has 4 rings (SSSR count). The molecule has 0 spiro atoms. The van der Waals surface area contributed by atoms with Gasteiger partial charge in [0.15, 0.2) is 5.65 Å². The molecular weight excluding hydrogens is 370 g/mol. The van der Waals surface area contributed by atoms with E-state index < -0.39 is 0 Å². The van der Waals surface area contributed by atoms with Crippen molar-refractivity contribution in [3.8, 4) is 11.5 Å². The summed E-state index contributed by atoms with van der Waals surface area (Å²) < 4.78 is 12.5. The van der Waals surface area contributed by atoms with Crippen molar-refractivity contribution in [3.05, 3.63) is 47.8 Å². The average molecular weight is 395 g/mol. The first-order chi connectivity index (χ1) is 14.1. The molecule has 1 saturated heterocycles. The molecule has 8 nitrogen and oxygen atoms in total. The number of carbonyl (C=O) groups is 1. The maximum atomic E-state index is 12.9. The van der Waals surface area contributed by atoms with E-state index in [1.54, 1.807) is 31.3 Å². The quantitative estimate of drug-likeness (QED) is 0.711. The Kier molecular flexibility index (Phi) is 5.35. The molecule has 2 aromatic heterocycles. The van der Waals surface area contributed by atoms with Crippen molar-refractivity contribution in [1.29, 1.82) is 0 Å². The predicted octanol–water partition coefficient (Wildman–Crippen LogP) is 1.93. The highest BCUT2D eigenvalue weighted by Crippen LogP contribution is 2.26. The summed E-state index contributed by atoms with van der Waals surface area (Å²) in [4.78, 5) is 19.3. The molecule has 152 valence electrons. The van der Waals surface area contributed by atoms with Crippen molar-refractivity contribution >= 4 is 16.9 Å². The largest absolute Gasteiger partial charge is 0.497 e. The smallest absolute Gasteiger partial charge is 0.255 e. The van der Waals surface area contributed by atoms with Crippen LogP contribution in [0.1, 0.15) is 22.8 Å². The van der Waals surface area contributed by atoms with Gasteiger partial charge < -0.3 is 19.7 Å². The van der Waals surface area contributed by atoms with Crippen LogP contribution in [0.15, 0.2) is 36.7 Å². The van der Waals surface area contributed by atoms with Gasteiger partial charge in [-0.3, -0.25) is 4.79 Å². The molecule has 3 heterocycles. The second kappa shape index (κ2) is 8.08. The SMILES string of the molecule is COc1ccc(Cn2ncc3cc(C(=O)N4CCNC[C@@H]4C)cnc32)c(OC)c1. The number of pyridine rings is 1. The minimum atomic E-state index is 0.0120. The van der Waals surface area contributed by atoms with Gasteiger partial charge >= 0.3 is 0 Å². The number of fused-ring (bicyclic) bond motifs is 1. The number of ether oxygens (including phenoxy) is 2. The Hall–Kier alpha value is -3.13. The monoisotopic (exact) mass is 395 g/mol. The molecule has 0 aliphatic carbocycles. The zero-order valence-corrected chi connectivity index (χ0v) is 16.9. The summed E-state index contributed by atoms with van der Waals surface area (Å²) in [6.45, 7) is 4.88. The summed E-state index contributed by atoms with van der Waals surface area (Å²) >= 11 is 0. The molecule has 0 saturated carbocycles. The maximum absolute atomic E-state index is 12.9. The van der Waals surface area contributed by atoms with Crippen LogP contribution in [-0.2, 0) is 6.54 Å². The van der Waals surface area contributed by atoms with Crippen molar-refractivity contribution in [3.63, 3.8) is 0 Å². The first kappa shape index (κ1) is 19.2. The molecule has 1 amide bonds. The Morgan fingerprint density at radius 2 is 2.10 bits per heavy atom. The number of piperazine rings is 1. The molecule has 1 N–H and O–H groups in total. The van der Waals surface area contributed by atoms with Crippen LogP contribution in [0, 0.1) is 0 Å². The standard InChI is InChI=1S/C21H25N5O3/c1-14-10-22-6-7-25(14)21(27)17-8-16-12-24-26(20(16)23-11-17)13-15-4-5-18(28-2)9-19(15)29-3/h4-5,8-9,11-12,14,22H,6-7,10,13H2,1-3H3/t14-/m0/s1. The fourth-order valence-electron chi connectivity index (χ4n) is 3.66. The zero-order chi connectivity index (χ0) is 20.4. The molecule has 0 radical (unpaired) electrons. The minimum absolute atomic E-state index is 0.0120. The van der Waals surface area contributed by atoms with Crippen molar-refractivity contribution < 1.29 is 14.3 Å². The molecular formula is C21H25N5O3.